The monoisotopic (exact) mass is 376 g/mol. The van der Waals surface area contributed by atoms with E-state index in [2.05, 4.69) is 20.6 Å². The van der Waals surface area contributed by atoms with E-state index >= 15 is 0 Å². The molecule has 0 fully saturated rings. The number of pyridine rings is 2. The van der Waals surface area contributed by atoms with Crippen molar-refractivity contribution in [3.8, 4) is 5.75 Å². The molecule has 0 bridgehead atoms. The highest BCUT2D eigenvalue weighted by Gasteiger charge is 2.12. The second kappa shape index (κ2) is 9.27. The van der Waals surface area contributed by atoms with Crippen LogP contribution < -0.4 is 15.4 Å². The van der Waals surface area contributed by atoms with Gasteiger partial charge < -0.3 is 15.4 Å². The van der Waals surface area contributed by atoms with Crippen molar-refractivity contribution in [3.63, 3.8) is 0 Å². The first-order chi connectivity index (χ1) is 13.7. The Kier molecular flexibility index (Phi) is 6.30. The summed E-state index contributed by atoms with van der Waals surface area (Å²) in [5.41, 5.74) is 2.02. The van der Waals surface area contributed by atoms with Crippen LogP contribution in [-0.2, 0) is 13.1 Å². The van der Waals surface area contributed by atoms with E-state index in [0.29, 0.717) is 6.54 Å². The first kappa shape index (κ1) is 19.0. The first-order valence-electron chi connectivity index (χ1n) is 8.72. The van der Waals surface area contributed by atoms with Crippen LogP contribution in [0.4, 0.5) is 0 Å². The van der Waals surface area contributed by atoms with Crippen molar-refractivity contribution in [2.24, 2.45) is 0 Å². The van der Waals surface area contributed by atoms with Gasteiger partial charge in [-0.2, -0.15) is 0 Å². The Balaban J connectivity index is 1.58. The third kappa shape index (κ3) is 5.14. The molecule has 0 saturated carbocycles. The van der Waals surface area contributed by atoms with E-state index in [-0.39, 0.29) is 29.7 Å². The Labute approximate surface area is 162 Å². The quantitative estimate of drug-likeness (QED) is 0.660. The van der Waals surface area contributed by atoms with Gasteiger partial charge in [0.25, 0.3) is 11.8 Å². The highest BCUT2D eigenvalue weighted by Crippen LogP contribution is 2.11. The maximum absolute atomic E-state index is 12.4. The molecule has 3 aromatic rings. The van der Waals surface area contributed by atoms with Gasteiger partial charge in [0, 0.05) is 12.7 Å². The topological polar surface area (TPSA) is 93.2 Å². The van der Waals surface area contributed by atoms with E-state index in [1.165, 1.54) is 0 Å². The van der Waals surface area contributed by atoms with Crippen molar-refractivity contribution in [2.45, 2.75) is 13.1 Å². The van der Waals surface area contributed by atoms with Gasteiger partial charge in [0.15, 0.2) is 0 Å². The number of benzene rings is 1. The molecule has 2 amide bonds. The standard InChI is InChI=1S/C21H20N4O3/c1-28-17-10-8-15(9-11-17)13-23-20(26)18-6-4-7-19(25-18)21(27)24-14-16-5-2-3-12-22-16/h2-12H,13-14H2,1H3,(H,23,26)(H,24,27). The van der Waals surface area contributed by atoms with Crippen molar-refractivity contribution in [2.75, 3.05) is 7.11 Å². The van der Waals surface area contributed by atoms with Crippen molar-refractivity contribution in [3.05, 3.63) is 89.5 Å². The molecule has 0 radical (unpaired) electrons. The molecular formula is C21H20N4O3. The molecule has 3 rings (SSSR count). The molecular weight excluding hydrogens is 356 g/mol. The Morgan fingerprint density at radius 1 is 0.857 bits per heavy atom. The number of carbonyl (C=O) groups is 2. The van der Waals surface area contributed by atoms with E-state index in [1.54, 1.807) is 37.6 Å². The summed E-state index contributed by atoms with van der Waals surface area (Å²) in [4.78, 5) is 32.9. The summed E-state index contributed by atoms with van der Waals surface area (Å²) in [7, 11) is 1.60. The van der Waals surface area contributed by atoms with E-state index in [9.17, 15) is 9.59 Å². The van der Waals surface area contributed by atoms with Crippen LogP contribution in [0, 0.1) is 0 Å². The Morgan fingerprint density at radius 2 is 1.54 bits per heavy atom. The van der Waals surface area contributed by atoms with Gasteiger partial charge >= 0.3 is 0 Å². The number of ether oxygens (including phenoxy) is 1. The molecule has 2 aromatic heterocycles. The molecule has 2 heterocycles. The summed E-state index contributed by atoms with van der Waals surface area (Å²) >= 11 is 0. The SMILES string of the molecule is COc1ccc(CNC(=O)c2cccc(C(=O)NCc3ccccn3)n2)cc1. The third-order valence-corrected chi connectivity index (χ3v) is 3.98. The molecule has 0 aliphatic rings. The molecule has 0 unspecified atom stereocenters. The lowest BCUT2D eigenvalue weighted by Gasteiger charge is -2.08. The lowest BCUT2D eigenvalue weighted by molar-refractivity contribution is 0.0941. The molecule has 2 N–H and O–H groups in total. The van der Waals surface area contributed by atoms with E-state index in [0.717, 1.165) is 17.0 Å². The van der Waals surface area contributed by atoms with E-state index in [1.807, 2.05) is 36.4 Å². The minimum absolute atomic E-state index is 0.174. The molecule has 0 aliphatic carbocycles. The normalized spacial score (nSPS) is 10.2. The van der Waals surface area contributed by atoms with Crippen LogP contribution in [0.5, 0.6) is 5.75 Å². The number of nitrogens with one attached hydrogen (secondary N) is 2. The molecule has 0 saturated heterocycles. The zero-order valence-electron chi connectivity index (χ0n) is 15.4. The molecule has 1 aromatic carbocycles. The van der Waals surface area contributed by atoms with Crippen LogP contribution in [0.1, 0.15) is 32.2 Å². The van der Waals surface area contributed by atoms with Gasteiger partial charge in [-0.1, -0.05) is 24.3 Å². The highest BCUT2D eigenvalue weighted by molar-refractivity contribution is 5.96. The van der Waals surface area contributed by atoms with Gasteiger partial charge in [0.1, 0.15) is 17.1 Å². The largest absolute Gasteiger partial charge is 0.497 e. The summed E-state index contributed by atoms with van der Waals surface area (Å²) in [6.07, 6.45) is 1.66. The smallest absolute Gasteiger partial charge is 0.270 e. The fourth-order valence-electron chi connectivity index (χ4n) is 2.47. The third-order valence-electron chi connectivity index (χ3n) is 3.98. The molecule has 28 heavy (non-hydrogen) atoms. The minimum atomic E-state index is -0.365. The van der Waals surface area contributed by atoms with Crippen LogP contribution in [-0.4, -0.2) is 28.9 Å². The maximum Gasteiger partial charge on any atom is 0.270 e. The molecule has 7 heteroatoms. The van der Waals surface area contributed by atoms with Crippen molar-refractivity contribution in [1.29, 1.82) is 0 Å². The van der Waals surface area contributed by atoms with Gasteiger partial charge in [-0.3, -0.25) is 14.6 Å². The van der Waals surface area contributed by atoms with Gasteiger partial charge in [0.05, 0.1) is 19.3 Å². The highest BCUT2D eigenvalue weighted by atomic mass is 16.5. The number of hydrogen-bond acceptors (Lipinski definition) is 5. The second-order valence-electron chi connectivity index (χ2n) is 5.94. The predicted octanol–water partition coefficient (Wildman–Crippen LogP) is 2.35. The van der Waals surface area contributed by atoms with E-state index < -0.39 is 0 Å². The average molecular weight is 376 g/mol. The van der Waals surface area contributed by atoms with Gasteiger partial charge in [-0.05, 0) is 42.0 Å². The van der Waals surface area contributed by atoms with Gasteiger partial charge in [0.2, 0.25) is 0 Å². The molecule has 142 valence electrons. The Bertz CT molecular complexity index is 943. The summed E-state index contributed by atoms with van der Waals surface area (Å²) in [5.74, 6) is 0.0341. The summed E-state index contributed by atoms with van der Waals surface area (Å²) in [6, 6.07) is 17.6. The number of amides is 2. The second-order valence-corrected chi connectivity index (χ2v) is 5.94. The average Bonchev–Trinajstić information content (AvgIpc) is 2.77. The number of hydrogen-bond donors (Lipinski definition) is 2. The predicted molar refractivity (Wildman–Crippen MR) is 104 cm³/mol. The zero-order valence-corrected chi connectivity index (χ0v) is 15.4. The summed E-state index contributed by atoms with van der Waals surface area (Å²) < 4.78 is 5.11. The number of carbonyl (C=O) groups excluding carboxylic acids is 2. The number of rotatable bonds is 7. The van der Waals surface area contributed by atoms with Crippen molar-refractivity contribution >= 4 is 11.8 Å². The minimum Gasteiger partial charge on any atom is -0.497 e. The molecule has 7 nitrogen and oxygen atoms in total. The van der Waals surface area contributed by atoms with Crippen LogP contribution in [0.3, 0.4) is 0 Å². The van der Waals surface area contributed by atoms with Crippen molar-refractivity contribution < 1.29 is 14.3 Å². The zero-order chi connectivity index (χ0) is 19.8. The maximum atomic E-state index is 12.4. The molecule has 0 atom stereocenters. The van der Waals surface area contributed by atoms with Crippen molar-refractivity contribution in [1.82, 2.24) is 20.6 Å². The number of aromatic nitrogens is 2. The fraction of sp³-hybridized carbons (Fsp3) is 0.143. The van der Waals surface area contributed by atoms with E-state index in [4.69, 9.17) is 4.74 Å². The Hall–Kier alpha value is -3.74. The fourth-order valence-corrected chi connectivity index (χ4v) is 2.47. The van der Waals surface area contributed by atoms with Crippen LogP contribution in [0.25, 0.3) is 0 Å². The Morgan fingerprint density at radius 3 is 2.14 bits per heavy atom. The van der Waals surface area contributed by atoms with Crippen LogP contribution in [0.2, 0.25) is 0 Å². The number of methoxy groups -OCH3 is 1. The molecule has 0 aliphatic heterocycles. The van der Waals surface area contributed by atoms with Gasteiger partial charge in [-0.25, -0.2) is 4.98 Å². The lowest BCUT2D eigenvalue weighted by Crippen LogP contribution is -2.27. The van der Waals surface area contributed by atoms with Crippen LogP contribution in [0.15, 0.2) is 66.9 Å². The number of nitrogens with zero attached hydrogens (tertiary/aromatic N) is 2. The molecule has 0 spiro atoms. The summed E-state index contributed by atoms with van der Waals surface area (Å²) in [6.45, 7) is 0.635. The summed E-state index contributed by atoms with van der Waals surface area (Å²) in [5, 5.41) is 5.54. The van der Waals surface area contributed by atoms with Gasteiger partial charge in [-0.15, -0.1) is 0 Å². The lowest BCUT2D eigenvalue weighted by atomic mass is 10.2. The van der Waals surface area contributed by atoms with Crippen LogP contribution >= 0.6 is 0 Å². The first-order valence-corrected chi connectivity index (χ1v) is 8.72.